The zero-order chi connectivity index (χ0) is 18.8. The van der Waals surface area contributed by atoms with Gasteiger partial charge in [0.1, 0.15) is 11.5 Å². The molecule has 0 aliphatic heterocycles. The third-order valence-corrected chi connectivity index (χ3v) is 4.43. The van der Waals surface area contributed by atoms with E-state index >= 15 is 0 Å². The predicted molar refractivity (Wildman–Crippen MR) is 106 cm³/mol. The van der Waals surface area contributed by atoms with E-state index in [-0.39, 0.29) is 6.04 Å². The number of furan rings is 1. The molecule has 1 atom stereocenters. The topological polar surface area (TPSA) is 62.0 Å². The van der Waals surface area contributed by atoms with E-state index in [0.717, 1.165) is 37.1 Å². The van der Waals surface area contributed by atoms with Crippen LogP contribution in [0.5, 0.6) is 5.75 Å². The quantitative estimate of drug-likeness (QED) is 0.533. The van der Waals surface area contributed by atoms with E-state index in [1.807, 2.05) is 24.3 Å². The zero-order valence-electron chi connectivity index (χ0n) is 16.2. The minimum absolute atomic E-state index is 0.224. The fourth-order valence-electron chi connectivity index (χ4n) is 2.97. The maximum Gasteiger partial charge on any atom is 0.191 e. The summed E-state index contributed by atoms with van der Waals surface area (Å²) in [5.41, 5.74) is 1.22. The van der Waals surface area contributed by atoms with Gasteiger partial charge in [-0.05, 0) is 42.9 Å². The molecule has 26 heavy (non-hydrogen) atoms. The summed E-state index contributed by atoms with van der Waals surface area (Å²) >= 11 is 0. The molecule has 0 saturated heterocycles. The molecule has 0 spiro atoms. The number of guanidine groups is 1. The first-order valence-electron chi connectivity index (χ1n) is 9.06. The lowest BCUT2D eigenvalue weighted by molar-refractivity contribution is 0.218. The van der Waals surface area contributed by atoms with Crippen LogP contribution in [0.3, 0.4) is 0 Å². The van der Waals surface area contributed by atoms with Gasteiger partial charge in [0, 0.05) is 13.6 Å². The fourth-order valence-corrected chi connectivity index (χ4v) is 2.97. The molecule has 0 aliphatic rings. The van der Waals surface area contributed by atoms with Crippen molar-refractivity contribution in [2.75, 3.05) is 33.8 Å². The maximum atomic E-state index is 5.39. The number of hydrogen-bond donors (Lipinski definition) is 2. The first-order chi connectivity index (χ1) is 12.7. The third kappa shape index (κ3) is 5.52. The van der Waals surface area contributed by atoms with E-state index in [4.69, 9.17) is 9.15 Å². The number of aliphatic imine (C=N–C) groups is 1. The Kier molecular flexibility index (Phi) is 8.02. The van der Waals surface area contributed by atoms with Gasteiger partial charge >= 0.3 is 0 Å². The van der Waals surface area contributed by atoms with Crippen LogP contribution in [0.1, 0.15) is 31.2 Å². The Labute approximate surface area is 156 Å². The van der Waals surface area contributed by atoms with E-state index in [1.165, 1.54) is 5.56 Å². The average molecular weight is 358 g/mol. The smallest absolute Gasteiger partial charge is 0.191 e. The Morgan fingerprint density at radius 3 is 2.62 bits per heavy atom. The minimum atomic E-state index is 0.224. The highest BCUT2D eigenvalue weighted by molar-refractivity contribution is 5.79. The van der Waals surface area contributed by atoms with Crippen LogP contribution < -0.4 is 15.4 Å². The number of likely N-dealkylation sites (N-methyl/N-ethyl adjacent to an activating group) is 1. The summed E-state index contributed by atoms with van der Waals surface area (Å²) in [7, 11) is 3.47. The lowest BCUT2D eigenvalue weighted by atomic mass is 10.0. The molecule has 0 aliphatic carbocycles. The van der Waals surface area contributed by atoms with E-state index in [2.05, 4.69) is 46.5 Å². The highest BCUT2D eigenvalue weighted by Gasteiger charge is 2.19. The summed E-state index contributed by atoms with van der Waals surface area (Å²) in [4.78, 5) is 6.73. The Balaban J connectivity index is 2.05. The second kappa shape index (κ2) is 10.5. The summed E-state index contributed by atoms with van der Waals surface area (Å²) in [6.07, 6.45) is 1.67. The molecular weight excluding hydrogens is 328 g/mol. The van der Waals surface area contributed by atoms with Crippen LogP contribution in [0.25, 0.3) is 0 Å². The highest BCUT2D eigenvalue weighted by Crippen LogP contribution is 2.23. The van der Waals surface area contributed by atoms with Crippen LogP contribution in [-0.2, 0) is 6.54 Å². The summed E-state index contributed by atoms with van der Waals surface area (Å²) in [5.74, 6) is 2.50. The lowest BCUT2D eigenvalue weighted by Crippen LogP contribution is -2.43. The first kappa shape index (κ1) is 19.8. The summed E-state index contributed by atoms with van der Waals surface area (Å²) in [5, 5.41) is 6.71. The van der Waals surface area contributed by atoms with Crippen molar-refractivity contribution >= 4 is 5.96 Å². The zero-order valence-corrected chi connectivity index (χ0v) is 16.2. The van der Waals surface area contributed by atoms with Gasteiger partial charge in [-0.3, -0.25) is 9.89 Å². The SMILES string of the molecule is CCN(CC)C(CNC(=NC)NCc1ccco1)c1cccc(OC)c1. The molecule has 1 aromatic carbocycles. The number of nitrogens with one attached hydrogen (secondary N) is 2. The monoisotopic (exact) mass is 358 g/mol. The van der Waals surface area contributed by atoms with Gasteiger partial charge in [-0.15, -0.1) is 0 Å². The molecule has 2 rings (SSSR count). The second-order valence-corrected chi connectivity index (χ2v) is 5.90. The molecule has 0 saturated carbocycles. The van der Waals surface area contributed by atoms with Crippen molar-refractivity contribution in [2.45, 2.75) is 26.4 Å². The molecule has 1 unspecified atom stereocenters. The Bertz CT molecular complexity index is 666. The number of hydrogen-bond acceptors (Lipinski definition) is 4. The van der Waals surface area contributed by atoms with Gasteiger partial charge in [0.15, 0.2) is 5.96 Å². The lowest BCUT2D eigenvalue weighted by Gasteiger charge is -2.31. The van der Waals surface area contributed by atoms with Crippen LogP contribution >= 0.6 is 0 Å². The van der Waals surface area contributed by atoms with Gasteiger partial charge in [-0.2, -0.15) is 0 Å². The van der Waals surface area contributed by atoms with Crippen molar-refractivity contribution in [1.82, 2.24) is 15.5 Å². The van der Waals surface area contributed by atoms with Gasteiger partial charge in [-0.25, -0.2) is 0 Å². The summed E-state index contributed by atoms with van der Waals surface area (Å²) in [6, 6.07) is 12.3. The molecule has 1 heterocycles. The molecular formula is C20H30N4O2. The van der Waals surface area contributed by atoms with Crippen molar-refractivity contribution in [2.24, 2.45) is 4.99 Å². The molecule has 1 aromatic heterocycles. The molecule has 2 N–H and O–H groups in total. The molecule has 0 amide bonds. The number of benzene rings is 1. The van der Waals surface area contributed by atoms with Crippen molar-refractivity contribution in [1.29, 1.82) is 0 Å². The standard InChI is InChI=1S/C20H30N4O2/c1-5-24(6-2)19(16-9-7-10-17(13-16)25-4)15-23-20(21-3)22-14-18-11-8-12-26-18/h7-13,19H,5-6,14-15H2,1-4H3,(H2,21,22,23). The van der Waals surface area contributed by atoms with Crippen molar-refractivity contribution in [3.63, 3.8) is 0 Å². The molecule has 142 valence electrons. The predicted octanol–water partition coefficient (Wildman–Crippen LogP) is 3.04. The Morgan fingerprint density at radius 1 is 1.19 bits per heavy atom. The molecule has 6 nitrogen and oxygen atoms in total. The minimum Gasteiger partial charge on any atom is -0.497 e. The summed E-state index contributed by atoms with van der Waals surface area (Å²) in [6.45, 7) is 7.65. The van der Waals surface area contributed by atoms with Crippen LogP contribution in [0.4, 0.5) is 0 Å². The number of nitrogens with zero attached hydrogens (tertiary/aromatic N) is 2. The second-order valence-electron chi connectivity index (χ2n) is 5.90. The van der Waals surface area contributed by atoms with E-state index in [0.29, 0.717) is 6.54 Å². The van der Waals surface area contributed by atoms with Gasteiger partial charge < -0.3 is 19.8 Å². The van der Waals surface area contributed by atoms with Crippen LogP contribution in [0.15, 0.2) is 52.1 Å². The molecule has 6 heteroatoms. The fraction of sp³-hybridized carbons (Fsp3) is 0.450. The molecule has 2 aromatic rings. The number of ether oxygens (including phenoxy) is 1. The number of methoxy groups -OCH3 is 1. The highest BCUT2D eigenvalue weighted by atomic mass is 16.5. The van der Waals surface area contributed by atoms with Crippen molar-refractivity contribution in [3.05, 3.63) is 54.0 Å². The maximum absolute atomic E-state index is 5.39. The third-order valence-electron chi connectivity index (χ3n) is 4.43. The van der Waals surface area contributed by atoms with Crippen molar-refractivity contribution in [3.8, 4) is 5.75 Å². The van der Waals surface area contributed by atoms with Crippen LogP contribution in [0, 0.1) is 0 Å². The van der Waals surface area contributed by atoms with Gasteiger partial charge in [0.2, 0.25) is 0 Å². The first-order valence-corrected chi connectivity index (χ1v) is 9.06. The van der Waals surface area contributed by atoms with E-state index in [1.54, 1.807) is 20.4 Å². The largest absolute Gasteiger partial charge is 0.497 e. The van der Waals surface area contributed by atoms with E-state index < -0.39 is 0 Å². The average Bonchev–Trinajstić information content (AvgIpc) is 3.21. The molecule has 0 fully saturated rings. The van der Waals surface area contributed by atoms with Gasteiger partial charge in [0.05, 0.1) is 26.0 Å². The van der Waals surface area contributed by atoms with Crippen molar-refractivity contribution < 1.29 is 9.15 Å². The van der Waals surface area contributed by atoms with Gasteiger partial charge in [-0.1, -0.05) is 26.0 Å². The van der Waals surface area contributed by atoms with Crippen LogP contribution in [0.2, 0.25) is 0 Å². The summed E-state index contributed by atoms with van der Waals surface area (Å²) < 4.78 is 10.7. The normalized spacial score (nSPS) is 12.9. The number of rotatable bonds is 9. The van der Waals surface area contributed by atoms with Gasteiger partial charge in [0.25, 0.3) is 0 Å². The Hall–Kier alpha value is -2.47. The molecule has 0 radical (unpaired) electrons. The Morgan fingerprint density at radius 2 is 2.00 bits per heavy atom. The van der Waals surface area contributed by atoms with Crippen LogP contribution in [-0.4, -0.2) is 44.7 Å². The molecule has 0 bridgehead atoms. The van der Waals surface area contributed by atoms with E-state index in [9.17, 15) is 0 Å².